The van der Waals surface area contributed by atoms with Crippen molar-refractivity contribution in [2.45, 2.75) is 19.8 Å². The summed E-state index contributed by atoms with van der Waals surface area (Å²) in [5.41, 5.74) is 2.41. The van der Waals surface area contributed by atoms with Crippen molar-refractivity contribution in [3.8, 4) is 11.3 Å². The van der Waals surface area contributed by atoms with E-state index < -0.39 is 5.97 Å². The highest BCUT2D eigenvalue weighted by Gasteiger charge is 2.17. The van der Waals surface area contributed by atoms with Gasteiger partial charge in [0.15, 0.2) is 0 Å². The fourth-order valence-electron chi connectivity index (χ4n) is 1.89. The second-order valence-electron chi connectivity index (χ2n) is 4.48. The number of aromatic nitrogens is 1. The van der Waals surface area contributed by atoms with Gasteiger partial charge < -0.3 is 10.1 Å². The number of carboxylic acids is 1. The Balaban J connectivity index is 2.49. The number of benzene rings is 1. The average molecular weight is 247 g/mol. The molecule has 0 bridgehead atoms. The van der Waals surface area contributed by atoms with Crippen molar-refractivity contribution in [1.29, 1.82) is 0 Å². The fraction of sp³-hybridized carbons (Fsp3) is 0.214. The molecule has 4 heteroatoms. The number of hydrogen-bond donors (Lipinski definition) is 2. The van der Waals surface area contributed by atoms with Crippen molar-refractivity contribution in [3.63, 3.8) is 0 Å². The normalized spacial score (nSPS) is 10.9. The summed E-state index contributed by atoms with van der Waals surface area (Å²) in [5, 5.41) is 9.14. The maximum atomic E-state index is 12.8. The molecule has 2 aromatic rings. The van der Waals surface area contributed by atoms with E-state index in [9.17, 15) is 9.18 Å². The standard InChI is InChI=1S/C14H14FNO2/c1-8(2)13-11(14(17)18)7-12(16-13)9-3-5-10(15)6-4-9/h3-8,16H,1-2H3,(H,17,18). The number of hydrogen-bond acceptors (Lipinski definition) is 1. The van der Waals surface area contributed by atoms with Gasteiger partial charge in [0.05, 0.1) is 5.56 Å². The van der Waals surface area contributed by atoms with Gasteiger partial charge in [0.2, 0.25) is 0 Å². The Labute approximate surface area is 104 Å². The summed E-state index contributed by atoms with van der Waals surface area (Å²) in [7, 11) is 0. The van der Waals surface area contributed by atoms with Crippen molar-refractivity contribution >= 4 is 5.97 Å². The Morgan fingerprint density at radius 2 is 1.89 bits per heavy atom. The van der Waals surface area contributed by atoms with E-state index in [0.717, 1.165) is 5.56 Å². The minimum absolute atomic E-state index is 0.0882. The number of halogens is 1. The first-order chi connectivity index (χ1) is 8.49. The van der Waals surface area contributed by atoms with Gasteiger partial charge in [-0.1, -0.05) is 13.8 Å². The van der Waals surface area contributed by atoms with Gasteiger partial charge in [-0.25, -0.2) is 9.18 Å². The van der Waals surface area contributed by atoms with Crippen LogP contribution in [0.15, 0.2) is 30.3 Å². The number of aromatic amines is 1. The molecule has 3 nitrogen and oxygen atoms in total. The third-order valence-corrected chi connectivity index (χ3v) is 2.81. The van der Waals surface area contributed by atoms with Gasteiger partial charge >= 0.3 is 5.97 Å². The number of H-pyrrole nitrogens is 1. The van der Waals surface area contributed by atoms with Crippen LogP contribution in [0, 0.1) is 5.82 Å². The van der Waals surface area contributed by atoms with Crippen LogP contribution in [-0.2, 0) is 0 Å². The molecule has 0 radical (unpaired) electrons. The minimum Gasteiger partial charge on any atom is -0.478 e. The Morgan fingerprint density at radius 3 is 2.33 bits per heavy atom. The molecular weight excluding hydrogens is 233 g/mol. The van der Waals surface area contributed by atoms with Crippen LogP contribution in [0.2, 0.25) is 0 Å². The molecule has 0 aliphatic heterocycles. The first-order valence-corrected chi connectivity index (χ1v) is 5.71. The van der Waals surface area contributed by atoms with Crippen molar-refractivity contribution < 1.29 is 14.3 Å². The summed E-state index contributed by atoms with van der Waals surface area (Å²) in [5.74, 6) is -1.18. The second-order valence-corrected chi connectivity index (χ2v) is 4.48. The highest BCUT2D eigenvalue weighted by molar-refractivity contribution is 5.91. The quantitative estimate of drug-likeness (QED) is 0.869. The average Bonchev–Trinajstić information content (AvgIpc) is 2.75. The van der Waals surface area contributed by atoms with E-state index in [1.807, 2.05) is 13.8 Å². The summed E-state index contributed by atoms with van der Waals surface area (Å²) < 4.78 is 12.8. The van der Waals surface area contributed by atoms with Gasteiger partial charge in [-0.15, -0.1) is 0 Å². The molecule has 0 saturated carbocycles. The van der Waals surface area contributed by atoms with E-state index in [1.165, 1.54) is 12.1 Å². The van der Waals surface area contributed by atoms with Gasteiger partial charge in [0.25, 0.3) is 0 Å². The zero-order valence-corrected chi connectivity index (χ0v) is 10.2. The largest absolute Gasteiger partial charge is 0.478 e. The lowest BCUT2D eigenvalue weighted by Crippen LogP contribution is -2.01. The summed E-state index contributed by atoms with van der Waals surface area (Å²) in [4.78, 5) is 14.2. The lowest BCUT2D eigenvalue weighted by Gasteiger charge is -2.03. The molecule has 0 unspecified atom stereocenters. The SMILES string of the molecule is CC(C)c1[nH]c(-c2ccc(F)cc2)cc1C(=O)O. The Hall–Kier alpha value is -2.10. The molecule has 0 spiro atoms. The Bertz CT molecular complexity index is 570. The van der Waals surface area contributed by atoms with Crippen LogP contribution in [-0.4, -0.2) is 16.1 Å². The molecule has 0 aliphatic rings. The minimum atomic E-state index is -0.955. The van der Waals surface area contributed by atoms with Gasteiger partial charge in [-0.2, -0.15) is 0 Å². The molecule has 0 saturated heterocycles. The van der Waals surface area contributed by atoms with Crippen molar-refractivity contribution in [2.24, 2.45) is 0 Å². The third kappa shape index (κ3) is 2.27. The van der Waals surface area contributed by atoms with Crippen LogP contribution in [0.25, 0.3) is 11.3 Å². The molecule has 2 rings (SSSR count). The number of aromatic carboxylic acids is 1. The maximum absolute atomic E-state index is 12.8. The van der Waals surface area contributed by atoms with Crippen LogP contribution < -0.4 is 0 Å². The predicted octanol–water partition coefficient (Wildman–Crippen LogP) is 3.64. The summed E-state index contributed by atoms with van der Waals surface area (Å²) in [6.45, 7) is 3.85. The van der Waals surface area contributed by atoms with E-state index in [2.05, 4.69) is 4.98 Å². The summed E-state index contributed by atoms with van der Waals surface area (Å²) in [6.07, 6.45) is 0. The number of rotatable bonds is 3. The molecule has 0 atom stereocenters. The smallest absolute Gasteiger partial charge is 0.337 e. The van der Waals surface area contributed by atoms with Crippen molar-refractivity contribution in [1.82, 2.24) is 4.98 Å². The van der Waals surface area contributed by atoms with E-state index in [0.29, 0.717) is 11.4 Å². The molecule has 2 N–H and O–H groups in total. The molecule has 1 heterocycles. The van der Waals surface area contributed by atoms with Gasteiger partial charge in [-0.3, -0.25) is 0 Å². The molecule has 1 aromatic carbocycles. The van der Waals surface area contributed by atoms with Gasteiger partial charge in [-0.05, 0) is 41.8 Å². The number of carbonyl (C=O) groups is 1. The number of carboxylic acid groups (broad SMARTS) is 1. The molecule has 0 aliphatic carbocycles. The van der Waals surface area contributed by atoms with Crippen LogP contribution >= 0.6 is 0 Å². The molecular formula is C14H14FNO2. The highest BCUT2D eigenvalue weighted by Crippen LogP contribution is 2.26. The first-order valence-electron chi connectivity index (χ1n) is 5.71. The second kappa shape index (κ2) is 4.64. The third-order valence-electron chi connectivity index (χ3n) is 2.81. The molecule has 0 amide bonds. The van der Waals surface area contributed by atoms with E-state index >= 15 is 0 Å². The zero-order chi connectivity index (χ0) is 13.3. The van der Waals surface area contributed by atoms with E-state index in [4.69, 9.17) is 5.11 Å². The summed E-state index contributed by atoms with van der Waals surface area (Å²) in [6, 6.07) is 7.54. The highest BCUT2D eigenvalue weighted by atomic mass is 19.1. The van der Waals surface area contributed by atoms with Crippen LogP contribution in [0.5, 0.6) is 0 Å². The van der Waals surface area contributed by atoms with Crippen LogP contribution in [0.1, 0.15) is 35.8 Å². The molecule has 1 aromatic heterocycles. The molecule has 94 valence electrons. The molecule has 0 fully saturated rings. The fourth-order valence-corrected chi connectivity index (χ4v) is 1.89. The van der Waals surface area contributed by atoms with Gasteiger partial charge in [0.1, 0.15) is 5.82 Å². The topological polar surface area (TPSA) is 53.1 Å². The first kappa shape index (κ1) is 12.4. The Morgan fingerprint density at radius 1 is 1.28 bits per heavy atom. The van der Waals surface area contributed by atoms with Crippen LogP contribution in [0.4, 0.5) is 4.39 Å². The van der Waals surface area contributed by atoms with Crippen molar-refractivity contribution in [3.05, 3.63) is 47.4 Å². The molecule has 18 heavy (non-hydrogen) atoms. The predicted molar refractivity (Wildman–Crippen MR) is 67.2 cm³/mol. The maximum Gasteiger partial charge on any atom is 0.337 e. The Kier molecular flexibility index (Phi) is 3.19. The van der Waals surface area contributed by atoms with Gasteiger partial charge in [0, 0.05) is 11.4 Å². The lowest BCUT2D eigenvalue weighted by molar-refractivity contribution is 0.0695. The summed E-state index contributed by atoms with van der Waals surface area (Å²) >= 11 is 0. The van der Waals surface area contributed by atoms with Crippen LogP contribution in [0.3, 0.4) is 0 Å². The van der Waals surface area contributed by atoms with E-state index in [-0.39, 0.29) is 17.3 Å². The monoisotopic (exact) mass is 247 g/mol. The van der Waals surface area contributed by atoms with Crippen molar-refractivity contribution in [2.75, 3.05) is 0 Å². The number of nitrogens with one attached hydrogen (secondary N) is 1. The lowest BCUT2D eigenvalue weighted by atomic mass is 10.1. The van der Waals surface area contributed by atoms with E-state index in [1.54, 1.807) is 18.2 Å². The zero-order valence-electron chi connectivity index (χ0n) is 10.2.